The van der Waals surface area contributed by atoms with Crippen molar-refractivity contribution in [2.75, 3.05) is 12.3 Å². The van der Waals surface area contributed by atoms with Gasteiger partial charge in [0.1, 0.15) is 11.8 Å². The third-order valence-electron chi connectivity index (χ3n) is 8.53. The van der Waals surface area contributed by atoms with E-state index >= 15 is 0 Å². The van der Waals surface area contributed by atoms with E-state index < -0.39 is 37.3 Å². The number of benzene rings is 3. The number of fused-ring (bicyclic) bond motifs is 3. The van der Waals surface area contributed by atoms with Gasteiger partial charge in [-0.2, -0.15) is 21.4 Å². The molecular formula is C32H33ClN2O8S2+2. The second-order valence-corrected chi connectivity index (χ2v) is 15.2. The van der Waals surface area contributed by atoms with Gasteiger partial charge in [-0.3, -0.25) is 9.11 Å². The maximum atomic E-state index is 12.3. The Morgan fingerprint density at radius 1 is 1.07 bits per heavy atom. The first-order chi connectivity index (χ1) is 21.3. The highest BCUT2D eigenvalue weighted by Crippen LogP contribution is 2.56. The summed E-state index contributed by atoms with van der Waals surface area (Å²) >= 11 is 6.26. The van der Waals surface area contributed by atoms with E-state index in [4.69, 9.17) is 20.8 Å². The summed E-state index contributed by atoms with van der Waals surface area (Å²) in [6.07, 6.45) is 4.41. The Hall–Kier alpha value is -3.52. The Labute approximate surface area is 266 Å². The van der Waals surface area contributed by atoms with Crippen molar-refractivity contribution >= 4 is 54.7 Å². The molecule has 1 spiro atoms. The Morgan fingerprint density at radius 3 is 2.51 bits per heavy atom. The van der Waals surface area contributed by atoms with Crippen molar-refractivity contribution in [3.63, 3.8) is 0 Å². The van der Waals surface area contributed by atoms with Gasteiger partial charge in [0.15, 0.2) is 24.0 Å². The number of ether oxygens (including phenoxy) is 1. The quantitative estimate of drug-likeness (QED) is 0.0905. The van der Waals surface area contributed by atoms with Crippen LogP contribution in [0.5, 0.6) is 5.75 Å². The lowest BCUT2D eigenvalue weighted by Crippen LogP contribution is -2.36. The fourth-order valence-corrected chi connectivity index (χ4v) is 7.40. The van der Waals surface area contributed by atoms with E-state index in [1.807, 2.05) is 72.2 Å². The van der Waals surface area contributed by atoms with E-state index in [1.165, 1.54) is 6.92 Å². The monoisotopic (exact) mass is 672 g/mol. The molecule has 2 N–H and O–H groups in total. The van der Waals surface area contributed by atoms with Crippen LogP contribution in [-0.4, -0.2) is 49.5 Å². The zero-order chi connectivity index (χ0) is 32.1. The standard InChI is InChI=1S/C32H31ClN2O8S2/c1-3-22(16-31-34(14-7-15-44(36,37)38)26-19-25(33)11-13-29(26)42-31)17-32-35(20-28(35)21(2)45(39,40)41)27-18-24(10-12-30(27)43-32)23-8-5-4-6-9-23/h4-6,8-13,16-19,21,28H,3,7,14-15,20H2,1-2H3/p+2. The average molecular weight is 673 g/mol. The van der Waals surface area contributed by atoms with Crippen molar-refractivity contribution in [3.05, 3.63) is 95.2 Å². The van der Waals surface area contributed by atoms with Gasteiger partial charge in [0.2, 0.25) is 5.58 Å². The van der Waals surface area contributed by atoms with Crippen LogP contribution in [-0.2, 0) is 26.8 Å². The number of hydrogen-bond donors (Lipinski definition) is 2. The summed E-state index contributed by atoms with van der Waals surface area (Å²) in [7, 11) is -8.47. The molecule has 0 amide bonds. The maximum absolute atomic E-state index is 12.3. The predicted molar refractivity (Wildman–Crippen MR) is 173 cm³/mol. The molecule has 6 rings (SSSR count). The minimum absolute atomic E-state index is 0.137. The van der Waals surface area contributed by atoms with Crippen LogP contribution in [0.2, 0.25) is 5.02 Å². The summed E-state index contributed by atoms with van der Waals surface area (Å²) in [6.45, 7) is 4.14. The van der Waals surface area contributed by atoms with Crippen LogP contribution in [0.3, 0.4) is 0 Å². The average Bonchev–Trinajstić information content (AvgIpc) is 3.55. The minimum atomic E-state index is -4.32. The zero-order valence-electron chi connectivity index (χ0n) is 24.6. The predicted octanol–water partition coefficient (Wildman–Crippen LogP) is 6.01. The summed E-state index contributed by atoms with van der Waals surface area (Å²) in [5.74, 6) is 1.17. The van der Waals surface area contributed by atoms with Gasteiger partial charge in [-0.05, 0) is 48.2 Å². The van der Waals surface area contributed by atoms with Gasteiger partial charge in [0.25, 0.3) is 25.8 Å². The van der Waals surface area contributed by atoms with E-state index in [-0.39, 0.29) is 17.4 Å². The molecule has 3 aromatic carbocycles. The molecule has 3 heterocycles. The van der Waals surface area contributed by atoms with Gasteiger partial charge >= 0.3 is 11.8 Å². The molecular weight excluding hydrogens is 640 g/mol. The smallest absolute Gasteiger partial charge is 0.374 e. The van der Waals surface area contributed by atoms with E-state index in [1.54, 1.807) is 18.2 Å². The van der Waals surface area contributed by atoms with Crippen molar-refractivity contribution in [1.82, 2.24) is 4.48 Å². The van der Waals surface area contributed by atoms with Crippen molar-refractivity contribution < 1.29 is 39.7 Å². The minimum Gasteiger partial charge on any atom is -0.406 e. The molecule has 2 aliphatic heterocycles. The van der Waals surface area contributed by atoms with Crippen LogP contribution in [0.4, 0.5) is 5.69 Å². The SMILES string of the molecule is CCC(=Cc1oc2ccc(Cl)cc2[n+]1CCCS(=O)(=O)O)C=C1Oc2ccc(-c3ccccc3)cc2[N+]12CC2C(C)S(=O)(=O)O. The summed E-state index contributed by atoms with van der Waals surface area (Å²) in [4.78, 5) is 0. The number of quaternary nitrogens is 1. The normalized spacial score (nSPS) is 21.3. The lowest BCUT2D eigenvalue weighted by Gasteiger charge is -2.16. The molecule has 3 atom stereocenters. The number of aryl methyl sites for hydroxylation is 1. The number of nitrogens with zero attached hydrogens (tertiary/aromatic N) is 2. The molecule has 3 unspecified atom stereocenters. The fraction of sp³-hybridized carbons (Fsp3) is 0.281. The number of halogens is 1. The Bertz CT molecular complexity index is 2070. The molecule has 13 heteroatoms. The summed E-state index contributed by atoms with van der Waals surface area (Å²) in [5, 5.41) is -0.547. The lowest BCUT2D eigenvalue weighted by molar-refractivity contribution is -0.677. The van der Waals surface area contributed by atoms with E-state index in [0.29, 0.717) is 46.6 Å². The maximum Gasteiger partial charge on any atom is 0.374 e. The highest BCUT2D eigenvalue weighted by Gasteiger charge is 2.69. The van der Waals surface area contributed by atoms with Gasteiger partial charge in [-0.1, -0.05) is 54.9 Å². The number of allylic oxidation sites excluding steroid dienone is 2. The van der Waals surface area contributed by atoms with Crippen LogP contribution >= 0.6 is 11.6 Å². The molecule has 1 saturated heterocycles. The molecule has 1 fully saturated rings. The molecule has 4 aromatic rings. The molecule has 236 valence electrons. The third-order valence-corrected chi connectivity index (χ3v) is 10.8. The molecule has 0 bridgehead atoms. The second kappa shape index (κ2) is 11.7. The number of hydrogen-bond acceptors (Lipinski definition) is 6. The molecule has 0 aliphatic carbocycles. The molecule has 0 radical (unpaired) electrons. The number of oxazole rings is 1. The highest BCUT2D eigenvalue weighted by atomic mass is 35.5. The molecule has 0 saturated carbocycles. The Kier molecular flexibility index (Phi) is 8.17. The molecule has 10 nitrogen and oxygen atoms in total. The van der Waals surface area contributed by atoms with E-state index in [9.17, 15) is 25.9 Å². The molecule has 2 aliphatic rings. The highest BCUT2D eigenvalue weighted by molar-refractivity contribution is 7.86. The molecule has 1 aromatic heterocycles. The number of rotatable bonds is 10. The van der Waals surface area contributed by atoms with Crippen molar-refractivity contribution in [3.8, 4) is 16.9 Å². The van der Waals surface area contributed by atoms with E-state index in [0.717, 1.165) is 22.4 Å². The van der Waals surface area contributed by atoms with Gasteiger partial charge in [-0.25, -0.2) is 4.48 Å². The van der Waals surface area contributed by atoms with E-state index in [2.05, 4.69) is 0 Å². The van der Waals surface area contributed by atoms with Crippen LogP contribution in [0.25, 0.3) is 28.3 Å². The van der Waals surface area contributed by atoms with Crippen LogP contribution in [0, 0.1) is 0 Å². The Balaban J connectivity index is 1.43. The topological polar surface area (TPSA) is 135 Å². The number of aromatic nitrogens is 1. The van der Waals surface area contributed by atoms with Crippen LogP contribution < -0.4 is 13.8 Å². The van der Waals surface area contributed by atoms with Crippen LogP contribution in [0.15, 0.2) is 88.7 Å². The van der Waals surface area contributed by atoms with Gasteiger partial charge in [0.05, 0.1) is 11.8 Å². The van der Waals surface area contributed by atoms with Crippen molar-refractivity contribution in [1.29, 1.82) is 0 Å². The van der Waals surface area contributed by atoms with Gasteiger partial charge in [-0.15, -0.1) is 0 Å². The largest absolute Gasteiger partial charge is 0.406 e. The molecule has 45 heavy (non-hydrogen) atoms. The third kappa shape index (κ3) is 6.18. The first-order valence-electron chi connectivity index (χ1n) is 14.5. The summed E-state index contributed by atoms with van der Waals surface area (Å²) in [6, 6.07) is 20.4. The zero-order valence-corrected chi connectivity index (χ0v) is 27.0. The van der Waals surface area contributed by atoms with Gasteiger partial charge < -0.3 is 9.15 Å². The summed E-state index contributed by atoms with van der Waals surface area (Å²) in [5.41, 5.74) is 4.81. The van der Waals surface area contributed by atoms with Gasteiger partial charge in [0, 0.05) is 29.7 Å². The first-order valence-corrected chi connectivity index (χ1v) is 18.0. The lowest BCUT2D eigenvalue weighted by atomic mass is 10.0. The fourth-order valence-electron chi connectivity index (χ4n) is 6.05. The second-order valence-electron chi connectivity index (χ2n) is 11.4. The van der Waals surface area contributed by atoms with Crippen LogP contribution in [0.1, 0.15) is 32.6 Å². The first kappa shape index (κ1) is 31.5. The summed E-state index contributed by atoms with van der Waals surface area (Å²) < 4.78 is 81.1. The van der Waals surface area contributed by atoms with Crippen molar-refractivity contribution in [2.45, 2.75) is 44.5 Å². The van der Waals surface area contributed by atoms with Crippen molar-refractivity contribution in [2.24, 2.45) is 0 Å². The Morgan fingerprint density at radius 2 is 1.82 bits per heavy atom.